The van der Waals surface area contributed by atoms with Crippen LogP contribution in [-0.4, -0.2) is 64.7 Å². The number of carbonyl (C=O) groups excluding carboxylic acids is 4. The van der Waals surface area contributed by atoms with E-state index in [1.165, 1.54) is 17.0 Å². The zero-order valence-electron chi connectivity index (χ0n) is 22.7. The van der Waals surface area contributed by atoms with Crippen LogP contribution >= 0.6 is 0 Å². The third-order valence-electron chi connectivity index (χ3n) is 5.97. The summed E-state index contributed by atoms with van der Waals surface area (Å²) in [5, 5.41) is 15.6. The Balaban J connectivity index is 2.40. The molecule has 0 bridgehead atoms. The third kappa shape index (κ3) is 8.94. The van der Waals surface area contributed by atoms with Gasteiger partial charge in [-0.25, -0.2) is 4.79 Å². The molecule has 1 aromatic carbocycles. The fraction of sp³-hybridized carbons (Fsp3) is 0.630. The van der Waals surface area contributed by atoms with Crippen molar-refractivity contribution in [2.24, 2.45) is 5.92 Å². The van der Waals surface area contributed by atoms with E-state index < -0.39 is 41.6 Å². The van der Waals surface area contributed by atoms with Crippen LogP contribution in [0.15, 0.2) is 24.3 Å². The molecule has 3 N–H and O–H groups in total. The van der Waals surface area contributed by atoms with Crippen molar-refractivity contribution in [2.75, 3.05) is 13.2 Å². The quantitative estimate of drug-likeness (QED) is 0.381. The first-order valence-electron chi connectivity index (χ1n) is 12.9. The summed E-state index contributed by atoms with van der Waals surface area (Å²) in [6.07, 6.45) is 1.57. The first-order chi connectivity index (χ1) is 17.3. The molecule has 0 heterocycles. The molecule has 2 unspecified atom stereocenters. The van der Waals surface area contributed by atoms with E-state index in [0.717, 1.165) is 6.42 Å². The number of phenolic OH excluding ortho intramolecular Hbond substituents is 1. The molecular formula is C27H41N3O7. The molecule has 1 saturated carbocycles. The van der Waals surface area contributed by atoms with Gasteiger partial charge in [0.1, 0.15) is 23.4 Å². The molecule has 2 atom stereocenters. The Labute approximate surface area is 219 Å². The summed E-state index contributed by atoms with van der Waals surface area (Å²) in [5.74, 6) is -1.69. The van der Waals surface area contributed by atoms with Gasteiger partial charge in [-0.2, -0.15) is 0 Å². The van der Waals surface area contributed by atoms with Crippen LogP contribution in [0.2, 0.25) is 0 Å². The Morgan fingerprint density at radius 3 is 2.35 bits per heavy atom. The topological polar surface area (TPSA) is 134 Å². The number of carbonyl (C=O) groups is 4. The first kappa shape index (κ1) is 29.9. The Kier molecular flexibility index (Phi) is 10.8. The summed E-state index contributed by atoms with van der Waals surface area (Å²) in [4.78, 5) is 53.4. The minimum atomic E-state index is -1.08. The molecule has 0 radical (unpaired) electrons. The predicted octanol–water partition coefficient (Wildman–Crippen LogP) is 3.43. The average Bonchev–Trinajstić information content (AvgIpc) is 2.74. The summed E-state index contributed by atoms with van der Waals surface area (Å²) >= 11 is 0. The van der Waals surface area contributed by atoms with Crippen LogP contribution in [0.5, 0.6) is 5.75 Å². The van der Waals surface area contributed by atoms with Crippen LogP contribution in [0, 0.1) is 5.92 Å². The van der Waals surface area contributed by atoms with Crippen molar-refractivity contribution >= 4 is 23.9 Å². The number of hydrogen-bond donors (Lipinski definition) is 3. The van der Waals surface area contributed by atoms with E-state index in [1.807, 2.05) is 13.8 Å². The van der Waals surface area contributed by atoms with Crippen LogP contribution in [0.1, 0.15) is 78.8 Å². The SMILES string of the molecule is CCOC(=O)CCNC(=O)C(c1cccc(O)c1)N(C(=O)C(NC(=O)OC(C)(C)C)C(C)C)C1CCC1. The van der Waals surface area contributed by atoms with E-state index in [4.69, 9.17) is 9.47 Å². The highest BCUT2D eigenvalue weighted by molar-refractivity contribution is 5.92. The van der Waals surface area contributed by atoms with E-state index in [2.05, 4.69) is 10.6 Å². The maximum atomic E-state index is 14.0. The van der Waals surface area contributed by atoms with Gasteiger partial charge in [-0.15, -0.1) is 0 Å². The Morgan fingerprint density at radius 2 is 1.84 bits per heavy atom. The molecule has 37 heavy (non-hydrogen) atoms. The lowest BCUT2D eigenvalue weighted by Crippen LogP contribution is -2.58. The largest absolute Gasteiger partial charge is 0.508 e. The lowest BCUT2D eigenvalue weighted by atomic mass is 9.87. The van der Waals surface area contributed by atoms with Gasteiger partial charge in [0.05, 0.1) is 13.0 Å². The van der Waals surface area contributed by atoms with Crippen LogP contribution in [0.3, 0.4) is 0 Å². The zero-order valence-corrected chi connectivity index (χ0v) is 22.7. The fourth-order valence-corrected chi connectivity index (χ4v) is 4.04. The number of aromatic hydroxyl groups is 1. The van der Waals surface area contributed by atoms with E-state index >= 15 is 0 Å². The summed E-state index contributed by atoms with van der Waals surface area (Å²) < 4.78 is 10.3. The maximum Gasteiger partial charge on any atom is 0.408 e. The minimum Gasteiger partial charge on any atom is -0.508 e. The third-order valence-corrected chi connectivity index (χ3v) is 5.97. The monoisotopic (exact) mass is 519 g/mol. The van der Waals surface area contributed by atoms with Gasteiger partial charge in [0, 0.05) is 12.6 Å². The Hall–Kier alpha value is -3.30. The number of esters is 1. The van der Waals surface area contributed by atoms with Gasteiger partial charge in [-0.05, 0) is 70.6 Å². The van der Waals surface area contributed by atoms with Crippen molar-refractivity contribution in [1.29, 1.82) is 0 Å². The second-order valence-corrected chi connectivity index (χ2v) is 10.5. The molecule has 206 valence electrons. The highest BCUT2D eigenvalue weighted by Crippen LogP contribution is 2.35. The number of rotatable bonds is 11. The number of hydrogen-bond acceptors (Lipinski definition) is 7. The van der Waals surface area contributed by atoms with Crippen molar-refractivity contribution in [3.05, 3.63) is 29.8 Å². The molecule has 1 fully saturated rings. The molecule has 0 aliphatic heterocycles. The van der Waals surface area contributed by atoms with Crippen molar-refractivity contribution in [3.63, 3.8) is 0 Å². The number of nitrogens with one attached hydrogen (secondary N) is 2. The Bertz CT molecular complexity index is 954. The minimum absolute atomic E-state index is 0.0153. The number of alkyl carbamates (subject to hydrolysis) is 1. The summed E-state index contributed by atoms with van der Waals surface area (Å²) in [5.41, 5.74) is -0.320. The highest BCUT2D eigenvalue weighted by atomic mass is 16.6. The molecule has 0 spiro atoms. The maximum absolute atomic E-state index is 14.0. The molecule has 0 saturated heterocycles. The first-order valence-corrected chi connectivity index (χ1v) is 12.9. The van der Waals surface area contributed by atoms with Crippen LogP contribution in [-0.2, 0) is 23.9 Å². The number of amides is 3. The smallest absolute Gasteiger partial charge is 0.408 e. The molecule has 1 aliphatic carbocycles. The van der Waals surface area contributed by atoms with Crippen molar-refractivity contribution in [3.8, 4) is 5.75 Å². The van der Waals surface area contributed by atoms with Crippen molar-refractivity contribution in [2.45, 2.75) is 91.0 Å². The van der Waals surface area contributed by atoms with Gasteiger partial charge in [-0.3, -0.25) is 14.4 Å². The molecule has 1 aromatic rings. The normalized spacial score (nSPS) is 15.2. The van der Waals surface area contributed by atoms with Crippen LogP contribution in [0.25, 0.3) is 0 Å². The van der Waals surface area contributed by atoms with Gasteiger partial charge in [-0.1, -0.05) is 26.0 Å². The number of nitrogens with zero attached hydrogens (tertiary/aromatic N) is 1. The molecule has 1 aliphatic rings. The van der Waals surface area contributed by atoms with Crippen LogP contribution in [0.4, 0.5) is 4.79 Å². The number of ether oxygens (including phenoxy) is 2. The molecule has 3 amide bonds. The molecule has 10 heteroatoms. The molecule has 2 rings (SSSR count). The molecular weight excluding hydrogens is 478 g/mol. The van der Waals surface area contributed by atoms with Gasteiger partial charge in [0.15, 0.2) is 0 Å². The second kappa shape index (κ2) is 13.3. The van der Waals surface area contributed by atoms with Gasteiger partial charge in [0.25, 0.3) is 0 Å². The van der Waals surface area contributed by atoms with Gasteiger partial charge < -0.3 is 30.1 Å². The standard InChI is InChI=1S/C27H41N3O7/c1-7-36-21(32)14-15-28-24(33)23(18-10-8-13-20(31)16-18)30(19-11-9-12-19)25(34)22(17(2)3)29-26(35)37-27(4,5)6/h8,10,13,16-17,19,22-23,31H,7,9,11-12,14-15H2,1-6H3,(H,28,33)(H,29,35). The van der Waals surface area contributed by atoms with Gasteiger partial charge in [0.2, 0.25) is 11.8 Å². The summed E-state index contributed by atoms with van der Waals surface area (Å²) in [6, 6.07) is 3.95. The lowest BCUT2D eigenvalue weighted by Gasteiger charge is -2.44. The molecule has 10 nitrogen and oxygen atoms in total. The number of phenols is 1. The summed E-state index contributed by atoms with van der Waals surface area (Å²) in [7, 11) is 0. The second-order valence-electron chi connectivity index (χ2n) is 10.5. The number of benzene rings is 1. The highest BCUT2D eigenvalue weighted by Gasteiger charge is 2.42. The van der Waals surface area contributed by atoms with E-state index in [1.54, 1.807) is 39.8 Å². The van der Waals surface area contributed by atoms with Crippen molar-refractivity contribution in [1.82, 2.24) is 15.5 Å². The average molecular weight is 520 g/mol. The van der Waals surface area contributed by atoms with Crippen LogP contribution < -0.4 is 10.6 Å². The molecule has 0 aromatic heterocycles. The van der Waals surface area contributed by atoms with Gasteiger partial charge >= 0.3 is 12.1 Å². The Morgan fingerprint density at radius 1 is 1.16 bits per heavy atom. The lowest BCUT2D eigenvalue weighted by molar-refractivity contribution is -0.148. The van der Waals surface area contributed by atoms with E-state index in [9.17, 15) is 24.3 Å². The van der Waals surface area contributed by atoms with E-state index in [0.29, 0.717) is 18.4 Å². The van der Waals surface area contributed by atoms with E-state index in [-0.39, 0.29) is 37.3 Å². The predicted molar refractivity (Wildman–Crippen MR) is 138 cm³/mol. The summed E-state index contributed by atoms with van der Waals surface area (Å²) in [6.45, 7) is 10.8. The van der Waals surface area contributed by atoms with Crippen molar-refractivity contribution < 1.29 is 33.8 Å². The zero-order chi connectivity index (χ0) is 27.8. The fourth-order valence-electron chi connectivity index (χ4n) is 4.04.